The lowest BCUT2D eigenvalue weighted by Crippen LogP contribution is -2.16. The Kier molecular flexibility index (Phi) is 3.87. The number of rotatable bonds is 1. The second-order valence-electron chi connectivity index (χ2n) is 3.36. The van der Waals surface area contributed by atoms with Gasteiger partial charge in [-0.2, -0.15) is 13.2 Å². The number of halogens is 5. The van der Waals surface area contributed by atoms with Gasteiger partial charge < -0.3 is 0 Å². The van der Waals surface area contributed by atoms with Crippen LogP contribution >= 0.6 is 31.9 Å². The standard InChI is InChI=1S/C10H9Br2F3/c1-5-4-8(11)6(2)3-7(5)9(12)10(13,14)15/h3-4,9H,1-2H3. The summed E-state index contributed by atoms with van der Waals surface area (Å²) in [6, 6.07) is 3.25. The summed E-state index contributed by atoms with van der Waals surface area (Å²) >= 11 is 5.96. The third-order valence-corrected chi connectivity index (χ3v) is 3.97. The van der Waals surface area contributed by atoms with Gasteiger partial charge in [0, 0.05) is 4.47 Å². The van der Waals surface area contributed by atoms with Crippen molar-refractivity contribution in [2.75, 3.05) is 0 Å². The fourth-order valence-corrected chi connectivity index (χ4v) is 2.20. The van der Waals surface area contributed by atoms with E-state index in [0.717, 1.165) is 10.0 Å². The van der Waals surface area contributed by atoms with Crippen LogP contribution in [-0.2, 0) is 0 Å². The molecule has 0 spiro atoms. The molecule has 15 heavy (non-hydrogen) atoms. The summed E-state index contributed by atoms with van der Waals surface area (Å²) in [6.45, 7) is 3.43. The summed E-state index contributed by atoms with van der Waals surface area (Å²) in [5, 5.41) is 0. The van der Waals surface area contributed by atoms with Crippen LogP contribution in [0.1, 0.15) is 21.5 Å². The summed E-state index contributed by atoms with van der Waals surface area (Å²) in [4.78, 5) is -1.60. The SMILES string of the molecule is Cc1cc(C(Br)C(F)(F)F)c(C)cc1Br. The molecule has 1 rings (SSSR count). The quantitative estimate of drug-likeness (QED) is 0.624. The van der Waals surface area contributed by atoms with Crippen molar-refractivity contribution in [3.8, 4) is 0 Å². The third-order valence-electron chi connectivity index (χ3n) is 2.11. The normalized spacial score (nSPS) is 14.1. The molecular weight excluding hydrogens is 337 g/mol. The van der Waals surface area contributed by atoms with Crippen LogP contribution in [0.25, 0.3) is 0 Å². The van der Waals surface area contributed by atoms with Crippen LogP contribution in [0.5, 0.6) is 0 Å². The van der Waals surface area contributed by atoms with E-state index in [1.807, 2.05) is 0 Å². The zero-order valence-corrected chi connectivity index (χ0v) is 11.3. The topological polar surface area (TPSA) is 0 Å². The summed E-state index contributed by atoms with van der Waals surface area (Å²) in [5.41, 5.74) is 1.68. The van der Waals surface area contributed by atoms with Crippen molar-refractivity contribution in [2.45, 2.75) is 24.9 Å². The second kappa shape index (κ2) is 4.45. The first-order valence-electron chi connectivity index (χ1n) is 4.21. The van der Waals surface area contributed by atoms with Crippen LogP contribution in [0.4, 0.5) is 13.2 Å². The highest BCUT2D eigenvalue weighted by Crippen LogP contribution is 2.41. The van der Waals surface area contributed by atoms with Gasteiger partial charge in [0.2, 0.25) is 0 Å². The molecule has 84 valence electrons. The van der Waals surface area contributed by atoms with Crippen molar-refractivity contribution in [3.63, 3.8) is 0 Å². The lowest BCUT2D eigenvalue weighted by Gasteiger charge is -2.17. The number of hydrogen-bond donors (Lipinski definition) is 0. The van der Waals surface area contributed by atoms with Gasteiger partial charge in [0.25, 0.3) is 0 Å². The molecule has 0 fully saturated rings. The molecule has 1 atom stereocenters. The molecule has 0 heterocycles. The maximum atomic E-state index is 12.5. The van der Waals surface area contributed by atoms with Gasteiger partial charge in [0.15, 0.2) is 0 Å². The Morgan fingerprint density at radius 1 is 1.13 bits per heavy atom. The van der Waals surface area contributed by atoms with Crippen LogP contribution in [0.15, 0.2) is 16.6 Å². The molecule has 0 bridgehead atoms. The first-order valence-corrected chi connectivity index (χ1v) is 5.91. The van der Waals surface area contributed by atoms with Gasteiger partial charge in [0.05, 0.1) is 0 Å². The second-order valence-corrected chi connectivity index (χ2v) is 5.13. The minimum atomic E-state index is -4.26. The number of alkyl halides is 4. The van der Waals surface area contributed by atoms with Gasteiger partial charge in [-0.1, -0.05) is 37.9 Å². The molecule has 0 nitrogen and oxygen atoms in total. The van der Waals surface area contributed by atoms with Crippen LogP contribution in [0, 0.1) is 13.8 Å². The molecule has 0 saturated carbocycles. The minimum absolute atomic E-state index is 0.267. The molecule has 0 aromatic heterocycles. The molecule has 5 heteroatoms. The fraction of sp³-hybridized carbons (Fsp3) is 0.400. The van der Waals surface area contributed by atoms with Crippen molar-refractivity contribution in [2.24, 2.45) is 0 Å². The summed E-state index contributed by atoms with van der Waals surface area (Å²) < 4.78 is 38.3. The predicted molar refractivity (Wildman–Crippen MR) is 61.3 cm³/mol. The van der Waals surface area contributed by atoms with E-state index in [1.165, 1.54) is 0 Å². The monoisotopic (exact) mass is 344 g/mol. The Balaban J connectivity index is 3.21. The van der Waals surface area contributed by atoms with E-state index >= 15 is 0 Å². The highest BCUT2D eigenvalue weighted by molar-refractivity contribution is 9.10. The smallest absolute Gasteiger partial charge is 0.169 e. The zero-order chi connectivity index (χ0) is 11.8. The number of aryl methyl sites for hydroxylation is 2. The van der Waals surface area contributed by atoms with E-state index in [-0.39, 0.29) is 5.56 Å². The lowest BCUT2D eigenvalue weighted by molar-refractivity contribution is -0.128. The number of hydrogen-bond acceptors (Lipinski definition) is 0. The Morgan fingerprint density at radius 3 is 2.13 bits per heavy atom. The van der Waals surface area contributed by atoms with E-state index in [9.17, 15) is 13.2 Å². The molecule has 0 N–H and O–H groups in total. The molecule has 1 unspecified atom stereocenters. The highest BCUT2D eigenvalue weighted by atomic mass is 79.9. The Hall–Kier alpha value is -0.0300. The first-order chi connectivity index (χ1) is 6.73. The molecule has 0 aliphatic rings. The van der Waals surface area contributed by atoms with Crippen molar-refractivity contribution in [1.29, 1.82) is 0 Å². The summed E-state index contributed by atoms with van der Waals surface area (Å²) in [5.74, 6) is 0. The first kappa shape index (κ1) is 13.0. The Labute approximate surface area is 103 Å². The molecule has 0 aliphatic heterocycles. The minimum Gasteiger partial charge on any atom is -0.169 e. The van der Waals surface area contributed by atoms with E-state index in [4.69, 9.17) is 0 Å². The average Bonchev–Trinajstić information content (AvgIpc) is 2.08. The molecule has 1 aromatic carbocycles. The van der Waals surface area contributed by atoms with Crippen LogP contribution < -0.4 is 0 Å². The lowest BCUT2D eigenvalue weighted by atomic mass is 10.0. The van der Waals surface area contributed by atoms with E-state index in [2.05, 4.69) is 31.9 Å². The predicted octanol–water partition coefficient (Wildman–Crippen LogP) is 5.06. The fourth-order valence-electron chi connectivity index (χ4n) is 1.25. The van der Waals surface area contributed by atoms with Crippen molar-refractivity contribution in [1.82, 2.24) is 0 Å². The zero-order valence-electron chi connectivity index (χ0n) is 8.12. The molecule has 1 aromatic rings. The van der Waals surface area contributed by atoms with Gasteiger partial charge in [0.1, 0.15) is 4.83 Å². The Bertz CT molecular complexity index is 372. The highest BCUT2D eigenvalue weighted by Gasteiger charge is 2.39. The molecule has 0 aliphatic carbocycles. The van der Waals surface area contributed by atoms with Crippen molar-refractivity contribution in [3.05, 3.63) is 33.3 Å². The average molecular weight is 346 g/mol. The van der Waals surface area contributed by atoms with Crippen LogP contribution in [-0.4, -0.2) is 6.18 Å². The van der Waals surface area contributed by atoms with Crippen LogP contribution in [0.3, 0.4) is 0 Å². The molecule has 0 amide bonds. The van der Waals surface area contributed by atoms with E-state index in [1.54, 1.807) is 26.0 Å². The van der Waals surface area contributed by atoms with Gasteiger partial charge in [-0.15, -0.1) is 0 Å². The van der Waals surface area contributed by atoms with Crippen molar-refractivity contribution < 1.29 is 13.2 Å². The third kappa shape index (κ3) is 2.97. The van der Waals surface area contributed by atoms with E-state index in [0.29, 0.717) is 5.56 Å². The van der Waals surface area contributed by atoms with Crippen LogP contribution in [0.2, 0.25) is 0 Å². The Morgan fingerprint density at radius 2 is 1.67 bits per heavy atom. The maximum Gasteiger partial charge on any atom is 0.405 e. The molecule has 0 radical (unpaired) electrons. The van der Waals surface area contributed by atoms with Gasteiger partial charge in [-0.3, -0.25) is 0 Å². The number of benzene rings is 1. The summed E-state index contributed by atoms with van der Waals surface area (Å²) in [6.07, 6.45) is -4.26. The van der Waals surface area contributed by atoms with Gasteiger partial charge in [-0.25, -0.2) is 0 Å². The maximum absolute atomic E-state index is 12.5. The summed E-state index contributed by atoms with van der Waals surface area (Å²) in [7, 11) is 0. The van der Waals surface area contributed by atoms with Gasteiger partial charge >= 0.3 is 6.18 Å². The van der Waals surface area contributed by atoms with Crippen molar-refractivity contribution >= 4 is 31.9 Å². The van der Waals surface area contributed by atoms with Gasteiger partial charge in [-0.05, 0) is 36.6 Å². The van der Waals surface area contributed by atoms with E-state index < -0.39 is 11.0 Å². The largest absolute Gasteiger partial charge is 0.405 e. The molecular formula is C10H9Br2F3. The molecule has 0 saturated heterocycles.